The Morgan fingerprint density at radius 2 is 2.16 bits per heavy atom. The lowest BCUT2D eigenvalue weighted by Crippen LogP contribution is -2.06. The van der Waals surface area contributed by atoms with Crippen molar-refractivity contribution in [3.05, 3.63) is 33.9 Å². The third kappa shape index (κ3) is 1.62. The van der Waals surface area contributed by atoms with Crippen molar-refractivity contribution >= 4 is 10.8 Å². The zero-order valence-corrected chi connectivity index (χ0v) is 10.6. The molecule has 5 heteroatoms. The summed E-state index contributed by atoms with van der Waals surface area (Å²) >= 11 is 0. The van der Waals surface area contributed by atoms with Crippen molar-refractivity contribution in [3.8, 4) is 11.5 Å². The Balaban J connectivity index is 2.48. The van der Waals surface area contributed by atoms with E-state index >= 15 is 0 Å². The second-order valence-corrected chi connectivity index (χ2v) is 4.89. The molecular weight excluding hydrogens is 248 g/mol. The number of aliphatic hydroxyl groups excluding tert-OH is 1. The molecule has 0 saturated carbocycles. The zero-order chi connectivity index (χ0) is 13.7. The Morgan fingerprint density at radius 3 is 2.84 bits per heavy atom. The van der Waals surface area contributed by atoms with Crippen LogP contribution in [0.4, 0.5) is 0 Å². The molecule has 2 unspecified atom stereocenters. The van der Waals surface area contributed by atoms with Crippen molar-refractivity contribution in [2.75, 3.05) is 7.11 Å². The van der Waals surface area contributed by atoms with Gasteiger partial charge in [-0.15, -0.1) is 0 Å². The number of ether oxygens (including phenoxy) is 1. The molecule has 1 aliphatic rings. The monoisotopic (exact) mass is 262 g/mol. The van der Waals surface area contributed by atoms with Crippen LogP contribution in [0.15, 0.2) is 21.3 Å². The van der Waals surface area contributed by atoms with E-state index in [9.17, 15) is 15.0 Å². The highest BCUT2D eigenvalue weighted by Gasteiger charge is 2.33. The smallest absolute Gasteiger partial charge is 0.347 e. The Morgan fingerprint density at radius 1 is 1.42 bits per heavy atom. The molecule has 1 aromatic carbocycles. The lowest BCUT2D eigenvalue weighted by Gasteiger charge is -2.10. The molecule has 0 spiro atoms. The Bertz CT molecular complexity index is 716. The number of hydrogen-bond donors (Lipinski definition) is 2. The molecule has 0 fully saturated rings. The number of fused-ring (bicyclic) bond motifs is 3. The van der Waals surface area contributed by atoms with E-state index in [2.05, 4.69) is 0 Å². The summed E-state index contributed by atoms with van der Waals surface area (Å²) in [5.41, 5.74) is 0.137. The second-order valence-electron chi connectivity index (χ2n) is 4.89. The first-order valence-electron chi connectivity index (χ1n) is 6.08. The van der Waals surface area contributed by atoms with Crippen LogP contribution in [0.25, 0.3) is 10.8 Å². The Hall–Kier alpha value is -2.01. The molecule has 0 aliphatic heterocycles. The van der Waals surface area contributed by atoms with E-state index in [0.717, 1.165) is 5.56 Å². The van der Waals surface area contributed by atoms with E-state index in [1.54, 1.807) is 6.07 Å². The lowest BCUT2D eigenvalue weighted by atomic mass is 9.99. The number of aromatic hydroxyl groups is 1. The van der Waals surface area contributed by atoms with Crippen LogP contribution in [0.5, 0.6) is 11.5 Å². The van der Waals surface area contributed by atoms with E-state index in [0.29, 0.717) is 23.3 Å². The standard InChI is InChI=1S/C14H14O5/c1-6-3-10(16)13-11(6)8-4-7(18-2)5-9(15)12(8)14(17)19-13/h4-6,10,15-16H,3H2,1-2H3. The first kappa shape index (κ1) is 12.0. The summed E-state index contributed by atoms with van der Waals surface area (Å²) in [5, 5.41) is 20.6. The summed E-state index contributed by atoms with van der Waals surface area (Å²) in [4.78, 5) is 11.9. The van der Waals surface area contributed by atoms with Crippen molar-refractivity contribution in [2.45, 2.75) is 25.4 Å². The summed E-state index contributed by atoms with van der Waals surface area (Å²) in [6.07, 6.45) is -0.259. The minimum atomic E-state index is -0.768. The van der Waals surface area contributed by atoms with Gasteiger partial charge in [0.15, 0.2) is 0 Å². The number of hydrogen-bond acceptors (Lipinski definition) is 5. The van der Waals surface area contributed by atoms with Gasteiger partial charge in [0, 0.05) is 17.0 Å². The lowest BCUT2D eigenvalue weighted by molar-refractivity contribution is 0.147. The summed E-state index contributed by atoms with van der Waals surface area (Å²) in [6, 6.07) is 3.07. The molecule has 1 aliphatic carbocycles. The molecule has 1 heterocycles. The van der Waals surface area contributed by atoms with E-state index in [1.165, 1.54) is 13.2 Å². The average Bonchev–Trinajstić information content (AvgIpc) is 2.64. The predicted molar refractivity (Wildman–Crippen MR) is 68.7 cm³/mol. The maximum atomic E-state index is 11.9. The highest BCUT2D eigenvalue weighted by Crippen LogP contribution is 2.44. The van der Waals surface area contributed by atoms with Crippen LogP contribution in [0, 0.1) is 0 Å². The second kappa shape index (κ2) is 3.99. The summed E-state index contributed by atoms with van der Waals surface area (Å²) in [7, 11) is 1.49. The Kier molecular flexibility index (Phi) is 2.53. The number of phenols is 1. The van der Waals surface area contributed by atoms with Crippen molar-refractivity contribution in [2.24, 2.45) is 0 Å². The van der Waals surface area contributed by atoms with Crippen LogP contribution >= 0.6 is 0 Å². The molecular formula is C14H14O5. The van der Waals surface area contributed by atoms with Gasteiger partial charge in [0.25, 0.3) is 0 Å². The Labute approximate surface area is 109 Å². The quantitative estimate of drug-likeness (QED) is 0.822. The van der Waals surface area contributed by atoms with Gasteiger partial charge in [-0.1, -0.05) is 6.92 Å². The fraction of sp³-hybridized carbons (Fsp3) is 0.357. The number of methoxy groups -OCH3 is 1. The fourth-order valence-electron chi connectivity index (χ4n) is 2.80. The van der Waals surface area contributed by atoms with Gasteiger partial charge in [0.05, 0.1) is 7.11 Å². The maximum absolute atomic E-state index is 11.9. The molecule has 5 nitrogen and oxygen atoms in total. The minimum Gasteiger partial charge on any atom is -0.507 e. The van der Waals surface area contributed by atoms with Crippen LogP contribution in [0.3, 0.4) is 0 Å². The van der Waals surface area contributed by atoms with Gasteiger partial charge < -0.3 is 19.4 Å². The molecule has 2 N–H and O–H groups in total. The topological polar surface area (TPSA) is 79.9 Å². The number of rotatable bonds is 1. The van der Waals surface area contributed by atoms with Gasteiger partial charge >= 0.3 is 5.63 Å². The van der Waals surface area contributed by atoms with Gasteiger partial charge in [-0.2, -0.15) is 0 Å². The summed E-state index contributed by atoms with van der Waals surface area (Å²) in [6.45, 7) is 1.95. The molecule has 19 heavy (non-hydrogen) atoms. The molecule has 0 amide bonds. The SMILES string of the molecule is COc1cc(O)c2c(=O)oc3c(c2c1)C(C)CC3O. The van der Waals surface area contributed by atoms with Crippen LogP contribution in [0.2, 0.25) is 0 Å². The van der Waals surface area contributed by atoms with Crippen LogP contribution in [0.1, 0.15) is 36.7 Å². The maximum Gasteiger partial charge on any atom is 0.347 e. The highest BCUT2D eigenvalue weighted by atomic mass is 16.5. The third-order valence-electron chi connectivity index (χ3n) is 3.66. The van der Waals surface area contributed by atoms with Gasteiger partial charge in [-0.05, 0) is 18.4 Å². The first-order chi connectivity index (χ1) is 9.02. The largest absolute Gasteiger partial charge is 0.507 e. The van der Waals surface area contributed by atoms with E-state index in [1.807, 2.05) is 6.92 Å². The molecule has 0 saturated heterocycles. The highest BCUT2D eigenvalue weighted by molar-refractivity contribution is 5.92. The van der Waals surface area contributed by atoms with Crippen molar-refractivity contribution in [1.82, 2.24) is 0 Å². The summed E-state index contributed by atoms with van der Waals surface area (Å²) < 4.78 is 10.3. The van der Waals surface area contributed by atoms with Gasteiger partial charge in [-0.3, -0.25) is 0 Å². The van der Waals surface area contributed by atoms with Crippen molar-refractivity contribution in [3.63, 3.8) is 0 Å². The predicted octanol–water partition coefficient (Wildman–Crippen LogP) is 2.05. The normalized spacial score (nSPS) is 21.6. The molecule has 0 bridgehead atoms. The van der Waals surface area contributed by atoms with E-state index in [-0.39, 0.29) is 17.1 Å². The first-order valence-corrected chi connectivity index (χ1v) is 6.08. The third-order valence-corrected chi connectivity index (χ3v) is 3.66. The fourth-order valence-corrected chi connectivity index (χ4v) is 2.80. The molecule has 1 aromatic heterocycles. The van der Waals surface area contributed by atoms with E-state index < -0.39 is 11.7 Å². The van der Waals surface area contributed by atoms with Gasteiger partial charge in [0.1, 0.15) is 28.7 Å². The van der Waals surface area contributed by atoms with Crippen LogP contribution in [-0.2, 0) is 0 Å². The van der Waals surface area contributed by atoms with E-state index in [4.69, 9.17) is 9.15 Å². The van der Waals surface area contributed by atoms with Crippen LogP contribution in [-0.4, -0.2) is 17.3 Å². The molecule has 0 radical (unpaired) electrons. The molecule has 2 atom stereocenters. The van der Waals surface area contributed by atoms with Crippen molar-refractivity contribution < 1.29 is 19.4 Å². The molecule has 2 aromatic rings. The number of benzene rings is 1. The van der Waals surface area contributed by atoms with Gasteiger partial charge in [-0.25, -0.2) is 4.79 Å². The zero-order valence-electron chi connectivity index (χ0n) is 10.6. The van der Waals surface area contributed by atoms with Gasteiger partial charge in [0.2, 0.25) is 0 Å². The number of phenolic OH excluding ortho intramolecular Hbond substituents is 1. The summed E-state index contributed by atoms with van der Waals surface area (Å²) in [5.74, 6) is 0.659. The molecule has 100 valence electrons. The molecule has 3 rings (SSSR count). The van der Waals surface area contributed by atoms with Crippen LogP contribution < -0.4 is 10.4 Å². The average molecular weight is 262 g/mol. The number of aliphatic hydroxyl groups is 1. The minimum absolute atomic E-state index is 0.0587. The van der Waals surface area contributed by atoms with Crippen molar-refractivity contribution in [1.29, 1.82) is 0 Å².